The molecular formula is C22H27N7O2S. The summed E-state index contributed by atoms with van der Waals surface area (Å²) in [4.78, 5) is 25.7. The Morgan fingerprint density at radius 1 is 1.19 bits per heavy atom. The van der Waals surface area contributed by atoms with Gasteiger partial charge in [0.15, 0.2) is 29.0 Å². The first-order valence-corrected chi connectivity index (χ1v) is 11.2. The highest BCUT2D eigenvalue weighted by Crippen LogP contribution is 2.37. The highest BCUT2D eigenvalue weighted by Gasteiger charge is 2.22. The van der Waals surface area contributed by atoms with E-state index < -0.39 is 0 Å². The Bertz CT molecular complexity index is 1150. The molecule has 168 valence electrons. The summed E-state index contributed by atoms with van der Waals surface area (Å²) in [6, 6.07) is 9.30. The molecule has 1 aliphatic rings. The van der Waals surface area contributed by atoms with Gasteiger partial charge in [0, 0.05) is 23.8 Å². The summed E-state index contributed by atoms with van der Waals surface area (Å²) >= 11 is 1.74. The number of amides is 1. The van der Waals surface area contributed by atoms with Crippen molar-refractivity contribution in [1.82, 2.24) is 14.9 Å². The number of hydrogen-bond acceptors (Lipinski definition) is 9. The van der Waals surface area contributed by atoms with Crippen molar-refractivity contribution in [2.75, 3.05) is 42.0 Å². The minimum Gasteiger partial charge on any atom is -0.505 e. The van der Waals surface area contributed by atoms with Gasteiger partial charge in [-0.05, 0) is 37.6 Å². The molecule has 0 spiro atoms. The average molecular weight is 454 g/mol. The predicted molar refractivity (Wildman–Crippen MR) is 129 cm³/mol. The van der Waals surface area contributed by atoms with Crippen LogP contribution in [0.3, 0.4) is 0 Å². The quantitative estimate of drug-likeness (QED) is 0.335. The van der Waals surface area contributed by atoms with Crippen molar-refractivity contribution in [2.45, 2.75) is 26.3 Å². The molecule has 0 fully saturated rings. The second-order valence-corrected chi connectivity index (χ2v) is 9.05. The standard InChI is InChI=1S/C22H27N7O2S/c1-5-14(16-10-9-12(2)32-16)25-20-21(28-19-18(27-20)23-11-24-19)26-15-8-6-7-13(17(15)30)22(31)29(3)4/h6-10,14,30H,5,11H2,1-4H3,(H2,23,25,27)(H2,24,26,28)/t14-/m1/s1. The van der Waals surface area contributed by atoms with Gasteiger partial charge in [0.05, 0.1) is 24.0 Å². The number of hydrogen-bond donors (Lipinski definition) is 5. The van der Waals surface area contributed by atoms with Gasteiger partial charge in [-0.1, -0.05) is 13.0 Å². The third-order valence-electron chi connectivity index (χ3n) is 5.16. The lowest BCUT2D eigenvalue weighted by Crippen LogP contribution is -2.21. The molecule has 0 bridgehead atoms. The van der Waals surface area contributed by atoms with Gasteiger partial charge in [0.2, 0.25) is 0 Å². The van der Waals surface area contributed by atoms with E-state index in [0.29, 0.717) is 35.6 Å². The summed E-state index contributed by atoms with van der Waals surface area (Å²) in [6.45, 7) is 4.74. The highest BCUT2D eigenvalue weighted by atomic mass is 32.1. The first-order valence-electron chi connectivity index (χ1n) is 10.4. The minimum absolute atomic E-state index is 0.0613. The number of thiophene rings is 1. The lowest BCUT2D eigenvalue weighted by molar-refractivity contribution is 0.0824. The first kappa shape index (κ1) is 21.7. The van der Waals surface area contributed by atoms with Crippen molar-refractivity contribution in [2.24, 2.45) is 0 Å². The van der Waals surface area contributed by atoms with Crippen molar-refractivity contribution in [3.8, 4) is 5.75 Å². The van der Waals surface area contributed by atoms with Gasteiger partial charge in [0.1, 0.15) is 0 Å². The van der Waals surface area contributed by atoms with E-state index in [9.17, 15) is 9.90 Å². The van der Waals surface area contributed by atoms with Gasteiger partial charge in [0.25, 0.3) is 5.91 Å². The highest BCUT2D eigenvalue weighted by molar-refractivity contribution is 7.12. The number of nitrogens with one attached hydrogen (secondary N) is 4. The topological polar surface area (TPSA) is 114 Å². The van der Waals surface area contributed by atoms with Gasteiger partial charge >= 0.3 is 0 Å². The van der Waals surface area contributed by atoms with Gasteiger partial charge in [-0.3, -0.25) is 4.79 Å². The van der Waals surface area contributed by atoms with Gasteiger partial charge < -0.3 is 31.3 Å². The zero-order valence-corrected chi connectivity index (χ0v) is 19.3. The Labute approximate surface area is 190 Å². The second kappa shape index (κ2) is 8.91. The molecule has 2 aromatic heterocycles. The fourth-order valence-electron chi connectivity index (χ4n) is 3.45. The monoisotopic (exact) mass is 453 g/mol. The van der Waals surface area contributed by atoms with Crippen molar-refractivity contribution < 1.29 is 9.90 Å². The van der Waals surface area contributed by atoms with Crippen LogP contribution in [-0.4, -0.2) is 46.6 Å². The number of benzene rings is 1. The third kappa shape index (κ3) is 4.26. The van der Waals surface area contributed by atoms with E-state index >= 15 is 0 Å². The maximum atomic E-state index is 12.4. The van der Waals surface area contributed by atoms with Crippen molar-refractivity contribution in [1.29, 1.82) is 0 Å². The smallest absolute Gasteiger partial charge is 0.257 e. The fraction of sp³-hybridized carbons (Fsp3) is 0.318. The molecule has 0 saturated heterocycles. The summed E-state index contributed by atoms with van der Waals surface area (Å²) in [5.74, 6) is 1.88. The lowest BCUT2D eigenvalue weighted by atomic mass is 10.1. The molecule has 3 aromatic rings. The summed E-state index contributed by atoms with van der Waals surface area (Å²) in [7, 11) is 3.29. The van der Waals surface area contributed by atoms with Crippen molar-refractivity contribution in [3.63, 3.8) is 0 Å². The molecule has 32 heavy (non-hydrogen) atoms. The first-order chi connectivity index (χ1) is 15.4. The second-order valence-electron chi connectivity index (χ2n) is 7.73. The molecule has 1 amide bonds. The molecule has 1 aliphatic heterocycles. The minimum atomic E-state index is -0.283. The van der Waals surface area contributed by atoms with Gasteiger partial charge in [-0.15, -0.1) is 11.3 Å². The van der Waals surface area contributed by atoms with Crippen LogP contribution in [0.1, 0.15) is 39.5 Å². The molecule has 0 aliphatic carbocycles. The van der Waals surface area contributed by atoms with E-state index in [-0.39, 0.29) is 23.3 Å². The lowest BCUT2D eigenvalue weighted by Gasteiger charge is -2.20. The molecule has 1 aromatic carbocycles. The van der Waals surface area contributed by atoms with E-state index in [0.717, 1.165) is 6.42 Å². The zero-order chi connectivity index (χ0) is 22.8. The molecule has 9 nitrogen and oxygen atoms in total. The zero-order valence-electron chi connectivity index (χ0n) is 18.5. The molecule has 0 saturated carbocycles. The Kier molecular flexibility index (Phi) is 6.04. The molecule has 1 atom stereocenters. The number of anilines is 5. The predicted octanol–water partition coefficient (Wildman–Crippen LogP) is 4.36. The van der Waals surface area contributed by atoms with Gasteiger partial charge in [-0.25, -0.2) is 9.97 Å². The molecule has 3 heterocycles. The number of aromatic nitrogens is 2. The summed E-state index contributed by atoms with van der Waals surface area (Å²) in [5, 5.41) is 23.7. The summed E-state index contributed by atoms with van der Waals surface area (Å²) in [6.07, 6.45) is 0.863. The number of aryl methyl sites for hydroxylation is 1. The number of carbonyl (C=O) groups excluding carboxylic acids is 1. The van der Waals surface area contributed by atoms with Crippen molar-refractivity contribution in [3.05, 3.63) is 45.6 Å². The van der Waals surface area contributed by atoms with Crippen LogP contribution in [0.25, 0.3) is 0 Å². The van der Waals surface area contributed by atoms with Crippen molar-refractivity contribution >= 4 is 46.2 Å². The van der Waals surface area contributed by atoms with E-state index in [4.69, 9.17) is 4.98 Å². The summed E-state index contributed by atoms with van der Waals surface area (Å²) < 4.78 is 0. The number of phenolic OH excluding ortho intramolecular Hbond substituents is 1. The normalized spacial score (nSPS) is 13.0. The summed E-state index contributed by atoms with van der Waals surface area (Å²) in [5.41, 5.74) is 0.588. The van der Waals surface area contributed by atoms with Crippen LogP contribution < -0.4 is 21.3 Å². The number of para-hydroxylation sites is 1. The van der Waals surface area contributed by atoms with E-state index in [1.54, 1.807) is 43.6 Å². The van der Waals surface area contributed by atoms with E-state index in [1.165, 1.54) is 14.7 Å². The SMILES string of the molecule is CC[C@@H](Nc1nc2c(nc1Nc1cccc(C(=O)N(C)C)c1O)NCN2)c1ccc(C)s1. The number of nitrogens with zero attached hydrogens (tertiary/aromatic N) is 3. The Morgan fingerprint density at radius 2 is 1.91 bits per heavy atom. The van der Waals surface area contributed by atoms with Crippen LogP contribution in [-0.2, 0) is 0 Å². The van der Waals surface area contributed by atoms with Crippen LogP contribution in [0.4, 0.5) is 29.0 Å². The molecular weight excluding hydrogens is 426 g/mol. The third-order valence-corrected chi connectivity index (χ3v) is 6.27. The van der Waals surface area contributed by atoms with Crippen LogP contribution in [0, 0.1) is 6.92 Å². The number of fused-ring (bicyclic) bond motifs is 1. The Morgan fingerprint density at radius 3 is 2.53 bits per heavy atom. The fourth-order valence-corrected chi connectivity index (χ4v) is 4.46. The molecule has 5 N–H and O–H groups in total. The largest absolute Gasteiger partial charge is 0.505 e. The Balaban J connectivity index is 1.70. The van der Waals surface area contributed by atoms with Crippen LogP contribution in [0.5, 0.6) is 5.75 Å². The van der Waals surface area contributed by atoms with Crippen LogP contribution >= 0.6 is 11.3 Å². The Hall–Kier alpha value is -3.53. The van der Waals surface area contributed by atoms with E-state index in [2.05, 4.69) is 52.2 Å². The van der Waals surface area contributed by atoms with Crippen LogP contribution in [0.2, 0.25) is 0 Å². The molecule has 4 rings (SSSR count). The number of aromatic hydroxyl groups is 1. The van der Waals surface area contributed by atoms with Crippen LogP contribution in [0.15, 0.2) is 30.3 Å². The maximum absolute atomic E-state index is 12.4. The number of carbonyl (C=O) groups is 1. The number of phenols is 1. The number of rotatable bonds is 7. The molecule has 10 heteroatoms. The maximum Gasteiger partial charge on any atom is 0.257 e. The van der Waals surface area contributed by atoms with Gasteiger partial charge in [-0.2, -0.15) is 0 Å². The molecule has 0 unspecified atom stereocenters. The molecule has 0 radical (unpaired) electrons. The van der Waals surface area contributed by atoms with E-state index in [1.807, 2.05) is 0 Å². The average Bonchev–Trinajstić information content (AvgIpc) is 3.41.